The van der Waals surface area contributed by atoms with Crippen molar-refractivity contribution in [3.8, 4) is 11.4 Å². The van der Waals surface area contributed by atoms with Crippen LogP contribution in [0.1, 0.15) is 24.3 Å². The van der Waals surface area contributed by atoms with Crippen molar-refractivity contribution in [3.05, 3.63) is 89.2 Å². The Bertz CT molecular complexity index is 1410. The number of thioether (sulfide) groups is 1. The molecule has 3 unspecified atom stereocenters. The van der Waals surface area contributed by atoms with Crippen LogP contribution in [0.15, 0.2) is 72.0 Å². The maximum atomic E-state index is 14.0. The fraction of sp³-hybridized carbons (Fsp3) is 0.357. The van der Waals surface area contributed by atoms with Crippen LogP contribution >= 0.6 is 23.4 Å². The second-order valence-corrected chi connectivity index (χ2v) is 10.9. The quantitative estimate of drug-likeness (QED) is 0.136. The number of rotatable bonds is 10. The normalized spacial score (nSPS) is 20.8. The third-order valence-electron chi connectivity index (χ3n) is 6.40. The fourth-order valence-electron chi connectivity index (χ4n) is 4.14. The monoisotopic (exact) mass is 585 g/mol. The molecule has 1 aliphatic heterocycles. The SMILES string of the molecule is CO[C@@H](Cn1cc(-c2ccc(C)c(F)n2)nn1)C(OC1COC(c2ccccc2)O[C@@H]1C)Sc1cncc(Cl)c1. The Kier molecular flexibility index (Phi) is 9.40. The van der Waals surface area contributed by atoms with Crippen LogP contribution in [0.4, 0.5) is 4.39 Å². The topological polar surface area (TPSA) is 93.4 Å². The van der Waals surface area contributed by atoms with E-state index in [9.17, 15) is 4.39 Å². The number of hydrogen-bond acceptors (Lipinski definition) is 9. The zero-order valence-electron chi connectivity index (χ0n) is 22.2. The van der Waals surface area contributed by atoms with Crippen LogP contribution in [0.5, 0.6) is 0 Å². The Morgan fingerprint density at radius 2 is 2.00 bits per heavy atom. The molecule has 1 aliphatic rings. The summed E-state index contributed by atoms with van der Waals surface area (Å²) in [7, 11) is 1.61. The molecule has 1 saturated heterocycles. The smallest absolute Gasteiger partial charge is 0.216 e. The molecular weight excluding hydrogens is 557 g/mol. The van der Waals surface area contributed by atoms with Crippen molar-refractivity contribution in [2.24, 2.45) is 0 Å². The molecule has 9 nitrogen and oxygen atoms in total. The molecular formula is C28H29ClFN5O4S. The second kappa shape index (κ2) is 13.2. The first-order chi connectivity index (χ1) is 19.4. The molecule has 4 aromatic rings. The lowest BCUT2D eigenvalue weighted by Gasteiger charge is -2.37. The minimum atomic E-state index is -0.539. The minimum Gasteiger partial charge on any atom is -0.376 e. The summed E-state index contributed by atoms with van der Waals surface area (Å²) in [6.45, 7) is 4.26. The van der Waals surface area contributed by atoms with E-state index in [0.717, 1.165) is 10.5 Å². The van der Waals surface area contributed by atoms with E-state index in [0.29, 0.717) is 35.1 Å². The Morgan fingerprint density at radius 3 is 2.73 bits per heavy atom. The number of hydrogen-bond donors (Lipinski definition) is 0. The molecule has 4 heterocycles. The van der Waals surface area contributed by atoms with E-state index < -0.39 is 23.8 Å². The van der Waals surface area contributed by atoms with Gasteiger partial charge in [-0.3, -0.25) is 4.98 Å². The number of benzene rings is 1. The van der Waals surface area contributed by atoms with E-state index in [2.05, 4.69) is 20.3 Å². The third kappa shape index (κ3) is 7.03. The highest BCUT2D eigenvalue weighted by atomic mass is 35.5. The van der Waals surface area contributed by atoms with Crippen molar-refractivity contribution in [2.45, 2.75) is 55.3 Å². The van der Waals surface area contributed by atoms with Crippen molar-refractivity contribution >= 4 is 23.4 Å². The Labute approximate surface area is 241 Å². The van der Waals surface area contributed by atoms with Gasteiger partial charge >= 0.3 is 0 Å². The summed E-state index contributed by atoms with van der Waals surface area (Å²) in [4.78, 5) is 8.99. The van der Waals surface area contributed by atoms with Gasteiger partial charge in [-0.2, -0.15) is 4.39 Å². The van der Waals surface area contributed by atoms with Gasteiger partial charge in [0.2, 0.25) is 5.95 Å². The van der Waals surface area contributed by atoms with Crippen LogP contribution in [0, 0.1) is 12.9 Å². The number of aromatic nitrogens is 5. The molecule has 12 heteroatoms. The first-order valence-electron chi connectivity index (χ1n) is 12.7. The molecule has 1 aromatic carbocycles. The maximum Gasteiger partial charge on any atom is 0.216 e. The van der Waals surface area contributed by atoms with E-state index in [1.54, 1.807) is 49.4 Å². The molecule has 0 bridgehead atoms. The van der Waals surface area contributed by atoms with E-state index >= 15 is 0 Å². The van der Waals surface area contributed by atoms with Gasteiger partial charge in [0.05, 0.1) is 36.2 Å². The summed E-state index contributed by atoms with van der Waals surface area (Å²) >= 11 is 7.63. The maximum absolute atomic E-state index is 14.0. The number of pyridine rings is 2. The van der Waals surface area contributed by atoms with Gasteiger partial charge in [-0.1, -0.05) is 65.0 Å². The van der Waals surface area contributed by atoms with Crippen LogP contribution in [0.3, 0.4) is 0 Å². The molecule has 210 valence electrons. The average molecular weight is 586 g/mol. The number of methoxy groups -OCH3 is 1. The Morgan fingerprint density at radius 1 is 1.18 bits per heavy atom. The Balaban J connectivity index is 1.32. The zero-order chi connectivity index (χ0) is 28.1. The Hall–Kier alpha value is -2.93. The predicted octanol–water partition coefficient (Wildman–Crippen LogP) is 5.49. The third-order valence-corrected chi connectivity index (χ3v) is 7.75. The van der Waals surface area contributed by atoms with Gasteiger partial charge in [0.15, 0.2) is 6.29 Å². The van der Waals surface area contributed by atoms with E-state index in [-0.39, 0.29) is 12.2 Å². The van der Waals surface area contributed by atoms with Gasteiger partial charge < -0.3 is 18.9 Å². The van der Waals surface area contributed by atoms with Crippen molar-refractivity contribution in [2.75, 3.05) is 13.7 Å². The summed E-state index contributed by atoms with van der Waals surface area (Å²) in [5.41, 5.74) is 1.74. The molecule has 5 atom stereocenters. The van der Waals surface area contributed by atoms with E-state index in [1.165, 1.54) is 11.8 Å². The summed E-state index contributed by atoms with van der Waals surface area (Å²) in [5, 5.41) is 8.91. The second-order valence-electron chi connectivity index (χ2n) is 9.32. The van der Waals surface area contributed by atoms with Crippen molar-refractivity contribution in [1.82, 2.24) is 25.0 Å². The highest BCUT2D eigenvalue weighted by molar-refractivity contribution is 7.99. The van der Waals surface area contributed by atoms with Crippen LogP contribution in [-0.2, 0) is 25.5 Å². The van der Waals surface area contributed by atoms with Gasteiger partial charge in [-0.15, -0.1) is 5.10 Å². The highest BCUT2D eigenvalue weighted by Gasteiger charge is 2.35. The molecule has 5 rings (SSSR count). The number of halogens is 2. The number of ether oxygens (including phenoxy) is 4. The molecule has 1 fully saturated rings. The molecule has 0 spiro atoms. The van der Waals surface area contributed by atoms with Gasteiger partial charge in [0, 0.05) is 35.5 Å². The number of nitrogens with zero attached hydrogens (tertiary/aromatic N) is 5. The lowest BCUT2D eigenvalue weighted by atomic mass is 10.1. The van der Waals surface area contributed by atoms with Crippen molar-refractivity contribution in [3.63, 3.8) is 0 Å². The molecule has 0 aliphatic carbocycles. The summed E-state index contributed by atoms with van der Waals surface area (Å²) in [6, 6.07) is 15.0. The summed E-state index contributed by atoms with van der Waals surface area (Å²) in [5.74, 6) is -0.539. The minimum absolute atomic E-state index is 0.252. The van der Waals surface area contributed by atoms with Crippen LogP contribution in [0.2, 0.25) is 5.02 Å². The van der Waals surface area contributed by atoms with Crippen LogP contribution < -0.4 is 0 Å². The fourth-order valence-corrected chi connectivity index (χ4v) is 5.51. The van der Waals surface area contributed by atoms with Gasteiger partial charge in [-0.25, -0.2) is 9.67 Å². The molecule has 40 heavy (non-hydrogen) atoms. The predicted molar refractivity (Wildman–Crippen MR) is 148 cm³/mol. The zero-order valence-corrected chi connectivity index (χ0v) is 23.8. The van der Waals surface area contributed by atoms with E-state index in [4.69, 9.17) is 30.5 Å². The molecule has 0 N–H and O–H groups in total. The lowest BCUT2D eigenvalue weighted by Crippen LogP contribution is -2.45. The van der Waals surface area contributed by atoms with Crippen molar-refractivity contribution in [1.29, 1.82) is 0 Å². The van der Waals surface area contributed by atoms with E-state index in [1.807, 2.05) is 43.3 Å². The van der Waals surface area contributed by atoms with Gasteiger partial charge in [0.25, 0.3) is 0 Å². The van der Waals surface area contributed by atoms with Crippen molar-refractivity contribution < 1.29 is 23.3 Å². The lowest BCUT2D eigenvalue weighted by molar-refractivity contribution is -0.267. The average Bonchev–Trinajstić information content (AvgIpc) is 3.43. The van der Waals surface area contributed by atoms with Gasteiger partial charge in [0.1, 0.15) is 23.3 Å². The summed E-state index contributed by atoms with van der Waals surface area (Å²) in [6.07, 6.45) is 3.43. The van der Waals surface area contributed by atoms with Crippen LogP contribution in [0.25, 0.3) is 11.4 Å². The number of aryl methyl sites for hydroxylation is 1. The van der Waals surface area contributed by atoms with Crippen LogP contribution in [-0.4, -0.2) is 62.4 Å². The molecule has 0 amide bonds. The highest BCUT2D eigenvalue weighted by Crippen LogP contribution is 2.34. The summed E-state index contributed by atoms with van der Waals surface area (Å²) < 4.78 is 40.3. The first kappa shape index (κ1) is 28.6. The standard InChI is InChI=1S/C28H29ClFN5O4S/c1-17-9-10-22(32-26(17)30)23-14-35(34-33-23)15-24(36-3)28(40-21-11-20(29)12-31-13-21)39-25-16-37-27(38-18(25)2)19-7-5-4-6-8-19/h4-14,18,24-25,27-28H,15-16H2,1-3H3/t18-,24+,25?,27?,28?/m1/s1. The largest absolute Gasteiger partial charge is 0.376 e. The van der Waals surface area contributed by atoms with Gasteiger partial charge in [-0.05, 0) is 26.0 Å². The molecule has 0 saturated carbocycles. The molecule has 0 radical (unpaired) electrons. The first-order valence-corrected chi connectivity index (χ1v) is 14.0. The molecule has 3 aromatic heterocycles.